The summed E-state index contributed by atoms with van der Waals surface area (Å²) in [6.07, 6.45) is 2.70. The highest BCUT2D eigenvalue weighted by molar-refractivity contribution is 8.18. The smallest absolute Gasteiger partial charge is 0.266 e. The Morgan fingerprint density at radius 1 is 1.11 bits per heavy atom. The van der Waals surface area contributed by atoms with Crippen molar-refractivity contribution in [2.24, 2.45) is 4.99 Å². The van der Waals surface area contributed by atoms with E-state index in [-0.39, 0.29) is 5.91 Å². The molecule has 6 heteroatoms. The second-order valence-corrected chi connectivity index (χ2v) is 7.39. The van der Waals surface area contributed by atoms with Crippen LogP contribution in [0.5, 0.6) is 11.5 Å². The van der Waals surface area contributed by atoms with Gasteiger partial charge in [0.25, 0.3) is 5.91 Å². The molecule has 0 aromatic heterocycles. The molecule has 0 saturated carbocycles. The van der Waals surface area contributed by atoms with Gasteiger partial charge < -0.3 is 9.47 Å². The van der Waals surface area contributed by atoms with Crippen molar-refractivity contribution in [3.63, 3.8) is 0 Å². The van der Waals surface area contributed by atoms with Crippen LogP contribution in [-0.4, -0.2) is 36.7 Å². The van der Waals surface area contributed by atoms with Gasteiger partial charge in [-0.2, -0.15) is 0 Å². The summed E-state index contributed by atoms with van der Waals surface area (Å²) in [5.41, 5.74) is 2.81. The molecule has 0 aliphatic carbocycles. The summed E-state index contributed by atoms with van der Waals surface area (Å²) < 4.78 is 10.8. The molecule has 1 aliphatic heterocycles. The molecule has 5 nitrogen and oxygen atoms in total. The molecule has 2 aromatic rings. The number of aliphatic imine (C=N–C) groups is 1. The predicted octanol–water partition coefficient (Wildman–Crippen LogP) is 5.03. The van der Waals surface area contributed by atoms with Crippen LogP contribution in [0.2, 0.25) is 0 Å². The van der Waals surface area contributed by atoms with Crippen molar-refractivity contribution in [3.05, 3.63) is 58.5 Å². The number of methoxy groups -OCH3 is 2. The van der Waals surface area contributed by atoms with Crippen molar-refractivity contribution in [1.82, 2.24) is 4.90 Å². The molecule has 2 aromatic carbocycles. The van der Waals surface area contributed by atoms with Crippen molar-refractivity contribution in [3.8, 4) is 11.5 Å². The molecular weight excluding hydrogens is 372 g/mol. The maximum Gasteiger partial charge on any atom is 0.266 e. The van der Waals surface area contributed by atoms with Crippen LogP contribution in [0, 0.1) is 6.92 Å². The quantitative estimate of drug-likeness (QED) is 0.643. The number of aryl methyl sites for hydroxylation is 1. The SMILES string of the molecule is CCCN1C(=O)/C(=C\c2cccc(OC)c2OC)SC1=Nc1ccc(C)cc1. The average Bonchev–Trinajstić information content (AvgIpc) is 2.98. The highest BCUT2D eigenvalue weighted by atomic mass is 32.2. The fraction of sp³-hybridized carbons (Fsp3) is 0.273. The van der Waals surface area contributed by atoms with Gasteiger partial charge in [-0.05, 0) is 49.4 Å². The van der Waals surface area contributed by atoms with Crippen LogP contribution in [0.1, 0.15) is 24.5 Å². The zero-order valence-electron chi connectivity index (χ0n) is 16.6. The molecular formula is C22H24N2O3S. The van der Waals surface area contributed by atoms with Crippen LogP contribution in [0.25, 0.3) is 6.08 Å². The molecule has 0 radical (unpaired) electrons. The molecule has 3 rings (SSSR count). The minimum Gasteiger partial charge on any atom is -0.493 e. The monoisotopic (exact) mass is 396 g/mol. The minimum absolute atomic E-state index is 0.0393. The first-order chi connectivity index (χ1) is 13.6. The van der Waals surface area contributed by atoms with Crippen molar-refractivity contribution in [2.45, 2.75) is 20.3 Å². The summed E-state index contributed by atoms with van der Waals surface area (Å²) in [5, 5.41) is 0.698. The van der Waals surface area contributed by atoms with Crippen LogP contribution < -0.4 is 9.47 Å². The first-order valence-electron chi connectivity index (χ1n) is 9.15. The Morgan fingerprint density at radius 2 is 1.86 bits per heavy atom. The topological polar surface area (TPSA) is 51.1 Å². The van der Waals surface area contributed by atoms with E-state index >= 15 is 0 Å². The van der Waals surface area contributed by atoms with E-state index in [1.54, 1.807) is 19.1 Å². The number of thioether (sulfide) groups is 1. The Bertz CT molecular complexity index is 920. The van der Waals surface area contributed by atoms with Gasteiger partial charge in [-0.25, -0.2) is 4.99 Å². The van der Waals surface area contributed by atoms with Crippen LogP contribution >= 0.6 is 11.8 Å². The molecule has 1 amide bonds. The second kappa shape index (κ2) is 8.97. The van der Waals surface area contributed by atoms with Crippen molar-refractivity contribution in [2.75, 3.05) is 20.8 Å². The Morgan fingerprint density at radius 3 is 2.50 bits per heavy atom. The van der Waals surface area contributed by atoms with Gasteiger partial charge in [0.05, 0.1) is 24.8 Å². The Balaban J connectivity index is 1.98. The molecule has 146 valence electrons. The molecule has 0 bridgehead atoms. The summed E-state index contributed by atoms with van der Waals surface area (Å²) >= 11 is 1.38. The summed E-state index contributed by atoms with van der Waals surface area (Å²) in [6, 6.07) is 13.6. The first-order valence-corrected chi connectivity index (χ1v) is 9.96. The van der Waals surface area contributed by atoms with E-state index in [1.807, 2.05) is 62.4 Å². The van der Waals surface area contributed by atoms with Crippen LogP contribution in [0.3, 0.4) is 0 Å². The Kier molecular flexibility index (Phi) is 6.41. The molecule has 1 aliphatic rings. The van der Waals surface area contributed by atoms with Crippen LogP contribution in [-0.2, 0) is 4.79 Å². The summed E-state index contributed by atoms with van der Waals surface area (Å²) in [5.74, 6) is 1.20. The van der Waals surface area contributed by atoms with Crippen LogP contribution in [0.4, 0.5) is 5.69 Å². The van der Waals surface area contributed by atoms with Crippen molar-refractivity contribution in [1.29, 1.82) is 0 Å². The number of hydrogen-bond acceptors (Lipinski definition) is 5. The van der Waals surface area contributed by atoms with Gasteiger partial charge in [0.2, 0.25) is 0 Å². The first kappa shape index (κ1) is 20.0. The number of amides is 1. The zero-order chi connectivity index (χ0) is 20.1. The highest BCUT2D eigenvalue weighted by Crippen LogP contribution is 2.38. The van der Waals surface area contributed by atoms with Crippen molar-refractivity contribution >= 4 is 34.6 Å². The molecule has 1 saturated heterocycles. The molecule has 1 fully saturated rings. The van der Waals surface area contributed by atoms with Crippen LogP contribution in [0.15, 0.2) is 52.4 Å². The summed E-state index contributed by atoms with van der Waals surface area (Å²) in [4.78, 5) is 20.1. The lowest BCUT2D eigenvalue weighted by atomic mass is 10.1. The number of amidine groups is 1. The fourth-order valence-corrected chi connectivity index (χ4v) is 3.92. The number of nitrogens with zero attached hydrogens (tertiary/aromatic N) is 2. The third-order valence-corrected chi connectivity index (χ3v) is 5.32. The number of carbonyl (C=O) groups excluding carboxylic acids is 1. The molecule has 1 heterocycles. The number of ether oxygens (including phenoxy) is 2. The predicted molar refractivity (Wildman–Crippen MR) is 115 cm³/mol. The van der Waals surface area contributed by atoms with E-state index in [9.17, 15) is 4.79 Å². The van der Waals surface area contributed by atoms with Gasteiger partial charge >= 0.3 is 0 Å². The third-order valence-electron chi connectivity index (χ3n) is 4.31. The van der Waals surface area contributed by atoms with Gasteiger partial charge in [-0.15, -0.1) is 0 Å². The van der Waals surface area contributed by atoms with Gasteiger partial charge in [0.15, 0.2) is 16.7 Å². The van der Waals surface area contributed by atoms with E-state index in [2.05, 4.69) is 0 Å². The van der Waals surface area contributed by atoms with E-state index < -0.39 is 0 Å². The molecule has 0 unspecified atom stereocenters. The zero-order valence-corrected chi connectivity index (χ0v) is 17.4. The molecule has 0 atom stereocenters. The summed E-state index contributed by atoms with van der Waals surface area (Å²) in [6.45, 7) is 4.72. The second-order valence-electron chi connectivity index (χ2n) is 6.38. The largest absolute Gasteiger partial charge is 0.493 e. The van der Waals surface area contributed by atoms with E-state index in [0.29, 0.717) is 28.1 Å². The lowest BCUT2D eigenvalue weighted by molar-refractivity contribution is -0.122. The normalized spacial score (nSPS) is 16.9. The van der Waals surface area contributed by atoms with E-state index in [0.717, 1.165) is 17.7 Å². The summed E-state index contributed by atoms with van der Waals surface area (Å²) in [7, 11) is 3.19. The maximum absolute atomic E-state index is 13.0. The maximum atomic E-state index is 13.0. The number of rotatable bonds is 6. The van der Waals surface area contributed by atoms with Gasteiger partial charge in [0.1, 0.15) is 0 Å². The van der Waals surface area contributed by atoms with Crippen molar-refractivity contribution < 1.29 is 14.3 Å². The van der Waals surface area contributed by atoms with Gasteiger partial charge in [0, 0.05) is 12.1 Å². The van der Waals surface area contributed by atoms with Gasteiger partial charge in [-0.3, -0.25) is 9.69 Å². The minimum atomic E-state index is -0.0393. The Hall–Kier alpha value is -2.73. The molecule has 28 heavy (non-hydrogen) atoms. The van der Waals surface area contributed by atoms with E-state index in [4.69, 9.17) is 14.5 Å². The van der Waals surface area contributed by atoms with E-state index in [1.165, 1.54) is 17.3 Å². The van der Waals surface area contributed by atoms with Gasteiger partial charge in [-0.1, -0.05) is 36.8 Å². The lowest BCUT2D eigenvalue weighted by Gasteiger charge is -2.14. The number of hydrogen-bond donors (Lipinski definition) is 0. The lowest BCUT2D eigenvalue weighted by Crippen LogP contribution is -2.29. The average molecular weight is 397 g/mol. The molecule has 0 spiro atoms. The number of benzene rings is 2. The highest BCUT2D eigenvalue weighted by Gasteiger charge is 2.33. The fourth-order valence-electron chi connectivity index (χ4n) is 2.91. The number of carbonyl (C=O) groups is 1. The number of para-hydroxylation sites is 1. The molecule has 0 N–H and O–H groups in total. The Labute approximate surface area is 170 Å². The third kappa shape index (κ3) is 4.22. The standard InChI is InChI=1S/C22H24N2O3S/c1-5-13-24-21(25)19(14-16-7-6-8-18(26-3)20(16)27-4)28-22(24)23-17-11-9-15(2)10-12-17/h6-12,14H,5,13H2,1-4H3/b19-14+,23-22?.